The van der Waals surface area contributed by atoms with E-state index in [9.17, 15) is 50.1 Å². The maximum Gasteiger partial charge on any atom is 0.336 e. The Labute approximate surface area is 281 Å². The van der Waals surface area contributed by atoms with E-state index in [1.807, 2.05) is 0 Å². The predicted octanol–water partition coefficient (Wildman–Crippen LogP) is 0.217. The molecule has 2 aliphatic rings. The molecule has 2 aromatic carbocycles. The van der Waals surface area contributed by atoms with Gasteiger partial charge in [0.15, 0.2) is 40.2 Å². The summed E-state index contributed by atoms with van der Waals surface area (Å²) in [7, 11) is 1.52. The topological polar surface area (TPSA) is 259 Å². The number of aliphatic carboxylic acids is 1. The smallest absolute Gasteiger partial charge is 0.336 e. The van der Waals surface area contributed by atoms with E-state index >= 15 is 0 Å². The number of nitrogens with two attached hydrogens (primary N) is 1. The van der Waals surface area contributed by atoms with Crippen molar-refractivity contribution in [1.29, 1.82) is 0 Å². The second-order valence-corrected chi connectivity index (χ2v) is 12.0. The number of ether oxygens (including phenoxy) is 3. The van der Waals surface area contributed by atoms with Gasteiger partial charge >= 0.3 is 5.97 Å². The average molecular weight is 687 g/mol. The molecule has 266 valence electrons. The molecular formula is C34H42N2O13. The van der Waals surface area contributed by atoms with E-state index in [1.165, 1.54) is 37.4 Å². The number of nitrogens with one attached hydrogen (secondary N) is 1. The number of aromatic hydroxyl groups is 3. The molecule has 15 heteroatoms. The highest BCUT2D eigenvalue weighted by atomic mass is 16.6. The van der Waals surface area contributed by atoms with Crippen molar-refractivity contribution in [2.75, 3.05) is 33.4 Å². The molecule has 15 nitrogen and oxygen atoms in total. The third-order valence-corrected chi connectivity index (χ3v) is 8.87. The normalized spacial score (nSPS) is 26.9. The number of fused-ring (bicyclic) bond motifs is 1. The SMILES string of the molecule is CNC[C@@]12O[C@H](C(=O)/C=C/c3cc(O)c(O)cc3CO)CC[C@H]1[C@](OCC(=O)/C=C/c1ccc(OCCN)c(O)c1)(C(=O)O)C[C@@H](O)[C@H]2O. The Bertz CT molecular complexity index is 1590. The van der Waals surface area contributed by atoms with Crippen LogP contribution in [0.5, 0.6) is 23.0 Å². The van der Waals surface area contributed by atoms with Crippen molar-refractivity contribution in [2.45, 2.75) is 55.4 Å². The molecule has 0 amide bonds. The molecule has 1 saturated carbocycles. The van der Waals surface area contributed by atoms with Crippen LogP contribution >= 0.6 is 0 Å². The second-order valence-electron chi connectivity index (χ2n) is 12.0. The first-order chi connectivity index (χ1) is 23.3. The van der Waals surface area contributed by atoms with Gasteiger partial charge in [-0.15, -0.1) is 0 Å². The fourth-order valence-electron chi connectivity index (χ4n) is 6.54. The Balaban J connectivity index is 1.55. The standard InChI is InChI=1S/C34H42N2O13/c1-36-18-34-30(9-8-29(49-34)23(39)6-4-20-13-24(40)25(41)14-21(20)16-37)33(32(45)46,15-27(43)31(34)44)48-17-22(38)5-2-19-3-7-28(26(42)12-19)47-11-10-35/h2-7,12-14,27,29-31,36-37,40-44H,8-11,15-18,35H2,1H3,(H,45,46)/b5-2+,6-4+/t27-,29+,30+,31-,33+,34-/m1/s1. The number of likely N-dealkylation sites (N-methyl/N-ethyl adjacent to an activating group) is 1. The highest BCUT2D eigenvalue weighted by molar-refractivity contribution is 5.97. The predicted molar refractivity (Wildman–Crippen MR) is 174 cm³/mol. The summed E-state index contributed by atoms with van der Waals surface area (Å²) in [5, 5.41) is 75.0. The number of carboxylic acids is 1. The Morgan fingerprint density at radius 2 is 1.78 bits per heavy atom. The van der Waals surface area contributed by atoms with Gasteiger partial charge in [-0.25, -0.2) is 4.79 Å². The number of hydrogen-bond acceptors (Lipinski definition) is 14. The molecule has 1 heterocycles. The number of carbonyl (C=O) groups is 3. The van der Waals surface area contributed by atoms with E-state index in [0.717, 1.165) is 18.2 Å². The largest absolute Gasteiger partial charge is 0.504 e. The number of hydrogen-bond donors (Lipinski definition) is 9. The number of benzene rings is 2. The summed E-state index contributed by atoms with van der Waals surface area (Å²) in [5.41, 5.74) is 2.31. The first kappa shape index (κ1) is 37.5. The summed E-state index contributed by atoms with van der Waals surface area (Å²) in [6.45, 7) is -0.936. The lowest BCUT2D eigenvalue weighted by Gasteiger charge is -2.58. The summed E-state index contributed by atoms with van der Waals surface area (Å²) in [5.74, 6) is -4.68. The van der Waals surface area contributed by atoms with Gasteiger partial charge in [0.05, 0.1) is 12.7 Å². The number of phenolic OH excluding ortho intramolecular Hbond substituents is 3. The van der Waals surface area contributed by atoms with Crippen molar-refractivity contribution in [3.63, 3.8) is 0 Å². The summed E-state index contributed by atoms with van der Waals surface area (Å²) in [4.78, 5) is 39.2. The average Bonchev–Trinajstić information content (AvgIpc) is 3.08. The van der Waals surface area contributed by atoms with Crippen LogP contribution in [0.3, 0.4) is 0 Å². The molecule has 2 fully saturated rings. The number of rotatable bonds is 15. The summed E-state index contributed by atoms with van der Waals surface area (Å²) >= 11 is 0. The number of ketones is 2. The lowest BCUT2D eigenvalue weighted by molar-refractivity contribution is -0.293. The van der Waals surface area contributed by atoms with Crippen molar-refractivity contribution in [3.8, 4) is 23.0 Å². The molecular weight excluding hydrogens is 644 g/mol. The zero-order valence-electron chi connectivity index (χ0n) is 26.8. The van der Waals surface area contributed by atoms with Gasteiger partial charge in [0.2, 0.25) is 0 Å². The molecule has 49 heavy (non-hydrogen) atoms. The van der Waals surface area contributed by atoms with Crippen LogP contribution in [0.15, 0.2) is 42.5 Å². The van der Waals surface area contributed by atoms with Crippen molar-refractivity contribution in [3.05, 3.63) is 59.2 Å². The maximum absolute atomic E-state index is 13.3. The van der Waals surface area contributed by atoms with Crippen LogP contribution < -0.4 is 15.8 Å². The van der Waals surface area contributed by atoms with E-state index in [1.54, 1.807) is 6.07 Å². The monoisotopic (exact) mass is 686 g/mol. The maximum atomic E-state index is 13.3. The molecule has 1 saturated heterocycles. The first-order valence-electron chi connectivity index (χ1n) is 15.6. The van der Waals surface area contributed by atoms with Crippen molar-refractivity contribution in [2.24, 2.45) is 11.7 Å². The zero-order chi connectivity index (χ0) is 35.9. The van der Waals surface area contributed by atoms with Crippen molar-refractivity contribution < 1.29 is 64.3 Å². The van der Waals surface area contributed by atoms with Crippen LogP contribution in [-0.4, -0.2) is 116 Å². The van der Waals surface area contributed by atoms with Gasteiger partial charge in [-0.2, -0.15) is 0 Å². The molecule has 0 spiro atoms. The van der Waals surface area contributed by atoms with Gasteiger partial charge in [0, 0.05) is 25.4 Å². The highest BCUT2D eigenvalue weighted by Crippen LogP contribution is 2.51. The number of carboxylic acid groups (broad SMARTS) is 1. The fourth-order valence-corrected chi connectivity index (χ4v) is 6.54. The van der Waals surface area contributed by atoms with Crippen LogP contribution in [0, 0.1) is 5.92 Å². The quantitative estimate of drug-likeness (QED) is 0.0897. The van der Waals surface area contributed by atoms with Gasteiger partial charge in [-0.05, 0) is 73.0 Å². The van der Waals surface area contributed by atoms with Crippen molar-refractivity contribution in [1.82, 2.24) is 5.32 Å². The minimum Gasteiger partial charge on any atom is -0.504 e. The van der Waals surface area contributed by atoms with Gasteiger partial charge in [-0.3, -0.25) is 9.59 Å². The molecule has 10 N–H and O–H groups in total. The Morgan fingerprint density at radius 1 is 1.04 bits per heavy atom. The van der Waals surface area contributed by atoms with E-state index < -0.39 is 84.1 Å². The molecule has 1 aliphatic carbocycles. The minimum absolute atomic E-state index is 0.00345. The Kier molecular flexibility index (Phi) is 12.2. The molecule has 1 aliphatic heterocycles. The molecule has 0 bridgehead atoms. The van der Waals surface area contributed by atoms with Gasteiger partial charge < -0.3 is 61.0 Å². The third kappa shape index (κ3) is 7.94. The van der Waals surface area contributed by atoms with Crippen LogP contribution in [0.25, 0.3) is 12.2 Å². The Morgan fingerprint density at radius 3 is 2.43 bits per heavy atom. The number of aliphatic hydroxyl groups is 3. The first-order valence-corrected chi connectivity index (χ1v) is 15.6. The summed E-state index contributed by atoms with van der Waals surface area (Å²) in [6, 6.07) is 6.78. The zero-order valence-corrected chi connectivity index (χ0v) is 26.8. The van der Waals surface area contributed by atoms with Crippen LogP contribution in [0.4, 0.5) is 0 Å². The Hall–Kier alpha value is -4.35. The van der Waals surface area contributed by atoms with E-state index in [2.05, 4.69) is 5.32 Å². The van der Waals surface area contributed by atoms with Crippen molar-refractivity contribution >= 4 is 29.7 Å². The minimum atomic E-state index is -2.19. The van der Waals surface area contributed by atoms with Crippen LogP contribution in [0.1, 0.15) is 36.0 Å². The van der Waals surface area contributed by atoms with E-state index in [-0.39, 0.29) is 55.2 Å². The van der Waals surface area contributed by atoms with Crippen LogP contribution in [-0.2, 0) is 30.5 Å². The number of aliphatic hydroxyl groups excluding tert-OH is 3. The van der Waals surface area contributed by atoms with Gasteiger partial charge in [0.25, 0.3) is 0 Å². The molecule has 4 rings (SSSR count). The molecule has 2 aromatic rings. The molecule has 0 unspecified atom stereocenters. The summed E-state index contributed by atoms with van der Waals surface area (Å²) in [6.07, 6.45) is -0.0886. The van der Waals surface area contributed by atoms with Gasteiger partial charge in [0.1, 0.15) is 31.0 Å². The van der Waals surface area contributed by atoms with E-state index in [0.29, 0.717) is 5.56 Å². The number of carbonyl (C=O) groups excluding carboxylic acids is 2. The lowest BCUT2D eigenvalue weighted by Crippen LogP contribution is -2.75. The molecule has 0 aromatic heterocycles. The number of phenols is 3. The molecule has 0 radical (unpaired) electrons. The van der Waals surface area contributed by atoms with Gasteiger partial charge in [-0.1, -0.05) is 18.2 Å². The molecule has 6 atom stereocenters. The van der Waals surface area contributed by atoms with Crippen LogP contribution in [0.2, 0.25) is 0 Å². The second kappa shape index (κ2) is 15.9. The highest BCUT2D eigenvalue weighted by Gasteiger charge is 2.67. The van der Waals surface area contributed by atoms with E-state index in [4.69, 9.17) is 19.9 Å². The lowest BCUT2D eigenvalue weighted by atomic mass is 9.60. The summed E-state index contributed by atoms with van der Waals surface area (Å²) < 4.78 is 17.4. The fraction of sp³-hybridized carbons (Fsp3) is 0.441. The third-order valence-electron chi connectivity index (χ3n) is 8.87.